The van der Waals surface area contributed by atoms with E-state index >= 15 is 0 Å². The number of aromatic nitrogens is 3. The van der Waals surface area contributed by atoms with E-state index in [-0.39, 0.29) is 0 Å². The van der Waals surface area contributed by atoms with Gasteiger partial charge in [0.25, 0.3) is 0 Å². The number of imidazole rings is 1. The molecule has 4 heteroatoms. The molecule has 74 valence electrons. The summed E-state index contributed by atoms with van der Waals surface area (Å²) in [7, 11) is 0. The molecule has 0 aromatic carbocycles. The van der Waals surface area contributed by atoms with Crippen LogP contribution in [-0.2, 0) is 6.42 Å². The minimum Gasteiger partial charge on any atom is -0.396 e. The van der Waals surface area contributed by atoms with Gasteiger partial charge in [0.15, 0.2) is 0 Å². The van der Waals surface area contributed by atoms with Crippen LogP contribution < -0.4 is 5.73 Å². The van der Waals surface area contributed by atoms with Gasteiger partial charge in [-0.2, -0.15) is 0 Å². The normalized spacial score (nSPS) is 11.4. The summed E-state index contributed by atoms with van der Waals surface area (Å²) in [5, 5.41) is 0. The summed E-state index contributed by atoms with van der Waals surface area (Å²) >= 11 is 0. The Balaban J connectivity index is 2.41. The highest BCUT2D eigenvalue weighted by Gasteiger charge is 2.04. The number of rotatable bonds is 2. The second-order valence-electron chi connectivity index (χ2n) is 3.92. The summed E-state index contributed by atoms with van der Waals surface area (Å²) in [4.78, 5) is 8.53. The van der Waals surface area contributed by atoms with E-state index in [1.165, 1.54) is 0 Å². The van der Waals surface area contributed by atoms with Gasteiger partial charge in [-0.15, -0.1) is 0 Å². The van der Waals surface area contributed by atoms with Gasteiger partial charge in [0, 0.05) is 12.4 Å². The molecule has 2 heterocycles. The summed E-state index contributed by atoms with van der Waals surface area (Å²) < 4.78 is 1.87. The topological polar surface area (TPSA) is 56.2 Å². The lowest BCUT2D eigenvalue weighted by Gasteiger charge is -1.97. The highest BCUT2D eigenvalue weighted by Crippen LogP contribution is 2.09. The van der Waals surface area contributed by atoms with Crippen LogP contribution in [-0.4, -0.2) is 14.4 Å². The fourth-order valence-electron chi connectivity index (χ4n) is 1.47. The molecule has 2 aromatic heterocycles. The minimum atomic E-state index is 0.609. The first-order chi connectivity index (χ1) is 6.65. The largest absolute Gasteiger partial charge is 0.396 e. The Hall–Kier alpha value is -1.58. The SMILES string of the molecule is CC(C)Cc1cn2cc(N)cnc2n1. The van der Waals surface area contributed by atoms with E-state index in [0.717, 1.165) is 17.9 Å². The van der Waals surface area contributed by atoms with Crippen molar-refractivity contribution in [1.29, 1.82) is 0 Å². The van der Waals surface area contributed by atoms with Gasteiger partial charge in [0.1, 0.15) is 0 Å². The molecule has 2 rings (SSSR count). The summed E-state index contributed by atoms with van der Waals surface area (Å²) in [5.41, 5.74) is 7.35. The number of nitrogen functional groups attached to an aromatic ring is 1. The van der Waals surface area contributed by atoms with Crippen LogP contribution in [0, 0.1) is 5.92 Å². The van der Waals surface area contributed by atoms with Gasteiger partial charge in [-0.05, 0) is 12.3 Å². The Kier molecular flexibility index (Phi) is 2.11. The van der Waals surface area contributed by atoms with Crippen LogP contribution in [0.25, 0.3) is 5.78 Å². The lowest BCUT2D eigenvalue weighted by atomic mass is 10.1. The maximum atomic E-state index is 5.62. The molecule has 0 atom stereocenters. The first-order valence-corrected chi connectivity index (χ1v) is 4.74. The monoisotopic (exact) mass is 190 g/mol. The highest BCUT2D eigenvalue weighted by molar-refractivity contribution is 5.40. The summed E-state index contributed by atoms with van der Waals surface area (Å²) in [6.45, 7) is 4.34. The first-order valence-electron chi connectivity index (χ1n) is 4.74. The van der Waals surface area contributed by atoms with Gasteiger partial charge >= 0.3 is 0 Å². The summed E-state index contributed by atoms with van der Waals surface area (Å²) in [6.07, 6.45) is 6.42. The molecule has 2 N–H and O–H groups in total. The molecule has 0 bridgehead atoms. The molecule has 0 fully saturated rings. The van der Waals surface area contributed by atoms with Crippen molar-refractivity contribution in [3.63, 3.8) is 0 Å². The van der Waals surface area contributed by atoms with Crippen LogP contribution >= 0.6 is 0 Å². The van der Waals surface area contributed by atoms with Crippen molar-refractivity contribution in [3.05, 3.63) is 24.3 Å². The molecule has 0 aliphatic rings. The van der Waals surface area contributed by atoms with Crippen LogP contribution in [0.15, 0.2) is 18.6 Å². The van der Waals surface area contributed by atoms with E-state index in [0.29, 0.717) is 11.6 Å². The van der Waals surface area contributed by atoms with Crippen LogP contribution in [0.1, 0.15) is 19.5 Å². The molecular formula is C10H14N4. The van der Waals surface area contributed by atoms with Crippen molar-refractivity contribution in [2.24, 2.45) is 5.92 Å². The third kappa shape index (κ3) is 1.69. The van der Waals surface area contributed by atoms with Crippen molar-refractivity contribution in [2.75, 3.05) is 5.73 Å². The van der Waals surface area contributed by atoms with Gasteiger partial charge < -0.3 is 5.73 Å². The predicted molar refractivity (Wildman–Crippen MR) is 55.9 cm³/mol. The second kappa shape index (κ2) is 3.29. The minimum absolute atomic E-state index is 0.609. The fraction of sp³-hybridized carbons (Fsp3) is 0.400. The van der Waals surface area contributed by atoms with E-state index in [9.17, 15) is 0 Å². The Bertz CT molecular complexity index is 444. The van der Waals surface area contributed by atoms with Gasteiger partial charge in [-0.25, -0.2) is 9.97 Å². The second-order valence-corrected chi connectivity index (χ2v) is 3.92. The fourth-order valence-corrected chi connectivity index (χ4v) is 1.47. The van der Waals surface area contributed by atoms with E-state index in [1.807, 2.05) is 16.8 Å². The molecule has 0 radical (unpaired) electrons. The predicted octanol–water partition coefficient (Wildman–Crippen LogP) is 1.51. The van der Waals surface area contributed by atoms with Crippen LogP contribution in [0.4, 0.5) is 5.69 Å². The Morgan fingerprint density at radius 3 is 2.93 bits per heavy atom. The van der Waals surface area contributed by atoms with Gasteiger partial charge in [-0.1, -0.05) is 13.8 Å². The van der Waals surface area contributed by atoms with E-state index < -0.39 is 0 Å². The third-order valence-corrected chi connectivity index (χ3v) is 2.00. The van der Waals surface area contributed by atoms with Crippen LogP contribution in [0.3, 0.4) is 0 Å². The summed E-state index contributed by atoms with van der Waals surface area (Å²) in [5.74, 6) is 1.33. The first kappa shape index (κ1) is 8.99. The van der Waals surface area contributed by atoms with Gasteiger partial charge in [0.2, 0.25) is 5.78 Å². The molecule has 0 aliphatic carbocycles. The number of fused-ring (bicyclic) bond motifs is 1. The van der Waals surface area contributed by atoms with Crippen LogP contribution in [0.2, 0.25) is 0 Å². The third-order valence-electron chi connectivity index (χ3n) is 2.00. The van der Waals surface area contributed by atoms with Crippen molar-refractivity contribution >= 4 is 11.5 Å². The maximum Gasteiger partial charge on any atom is 0.234 e. The molecule has 4 nitrogen and oxygen atoms in total. The molecule has 0 saturated heterocycles. The molecule has 0 saturated carbocycles. The number of nitrogens with zero attached hydrogens (tertiary/aromatic N) is 3. The van der Waals surface area contributed by atoms with Crippen molar-refractivity contribution in [2.45, 2.75) is 20.3 Å². The zero-order valence-corrected chi connectivity index (χ0v) is 8.44. The van der Waals surface area contributed by atoms with Crippen molar-refractivity contribution in [1.82, 2.24) is 14.4 Å². The molecule has 0 amide bonds. The number of hydrogen-bond donors (Lipinski definition) is 1. The maximum absolute atomic E-state index is 5.62. The van der Waals surface area contributed by atoms with Gasteiger partial charge in [0.05, 0.1) is 17.6 Å². The van der Waals surface area contributed by atoms with E-state index in [4.69, 9.17) is 5.73 Å². The molecule has 2 aromatic rings. The quantitative estimate of drug-likeness (QED) is 0.781. The van der Waals surface area contributed by atoms with Gasteiger partial charge in [-0.3, -0.25) is 4.40 Å². The number of hydrogen-bond acceptors (Lipinski definition) is 3. The van der Waals surface area contributed by atoms with E-state index in [2.05, 4.69) is 23.8 Å². The Morgan fingerprint density at radius 2 is 2.21 bits per heavy atom. The average Bonchev–Trinajstić information content (AvgIpc) is 2.44. The Labute approximate surface area is 82.8 Å². The number of nitrogens with two attached hydrogens (primary N) is 1. The molecular weight excluding hydrogens is 176 g/mol. The highest BCUT2D eigenvalue weighted by atomic mass is 15.1. The zero-order valence-electron chi connectivity index (χ0n) is 8.44. The van der Waals surface area contributed by atoms with Crippen LogP contribution in [0.5, 0.6) is 0 Å². The molecule has 0 spiro atoms. The standard InChI is InChI=1S/C10H14N4/c1-7(2)3-9-6-14-5-8(11)4-12-10(14)13-9/h4-7H,3,11H2,1-2H3. The van der Waals surface area contributed by atoms with Crippen molar-refractivity contribution in [3.8, 4) is 0 Å². The lowest BCUT2D eigenvalue weighted by Crippen LogP contribution is -1.93. The number of anilines is 1. The lowest BCUT2D eigenvalue weighted by molar-refractivity contribution is 0.638. The molecule has 0 unspecified atom stereocenters. The average molecular weight is 190 g/mol. The molecule has 0 aliphatic heterocycles. The van der Waals surface area contributed by atoms with E-state index in [1.54, 1.807) is 6.20 Å². The zero-order chi connectivity index (χ0) is 10.1. The molecule has 14 heavy (non-hydrogen) atoms. The smallest absolute Gasteiger partial charge is 0.234 e. The summed E-state index contributed by atoms with van der Waals surface area (Å²) in [6, 6.07) is 0. The van der Waals surface area contributed by atoms with Crippen molar-refractivity contribution < 1.29 is 0 Å². The Morgan fingerprint density at radius 1 is 1.43 bits per heavy atom.